The number of aryl methyl sites for hydroxylation is 1. The SMILES string of the molecule is C[C@H]1CC(C(N)=O)CCO1.Cn1nccc1-c1ccc(Sc2c(F)cccc2F)cc1. The number of halogens is 2. The van der Waals surface area contributed by atoms with E-state index in [1.54, 1.807) is 10.9 Å². The Morgan fingerprint density at radius 3 is 2.35 bits per heavy atom. The predicted molar refractivity (Wildman–Crippen MR) is 116 cm³/mol. The van der Waals surface area contributed by atoms with Crippen molar-refractivity contribution < 1.29 is 18.3 Å². The van der Waals surface area contributed by atoms with E-state index in [1.165, 1.54) is 18.2 Å². The van der Waals surface area contributed by atoms with Crippen LogP contribution >= 0.6 is 11.8 Å². The number of nitrogens with two attached hydrogens (primary N) is 1. The normalized spacial score (nSPS) is 18.2. The second-order valence-electron chi connectivity index (χ2n) is 7.32. The third-order valence-electron chi connectivity index (χ3n) is 5.00. The second-order valence-corrected chi connectivity index (χ2v) is 8.41. The number of hydrogen-bond acceptors (Lipinski definition) is 4. The number of carbonyl (C=O) groups is 1. The van der Waals surface area contributed by atoms with Gasteiger partial charge in [0, 0.05) is 30.7 Å². The van der Waals surface area contributed by atoms with Crippen molar-refractivity contribution in [1.29, 1.82) is 0 Å². The molecule has 0 saturated carbocycles. The van der Waals surface area contributed by atoms with Gasteiger partial charge in [0.15, 0.2) is 0 Å². The van der Waals surface area contributed by atoms with Gasteiger partial charge >= 0.3 is 0 Å². The summed E-state index contributed by atoms with van der Waals surface area (Å²) in [6.45, 7) is 2.64. The van der Waals surface area contributed by atoms with Gasteiger partial charge in [-0.15, -0.1) is 0 Å². The number of rotatable bonds is 4. The Morgan fingerprint density at radius 1 is 1.16 bits per heavy atom. The van der Waals surface area contributed by atoms with Crippen LogP contribution in [0.2, 0.25) is 0 Å². The molecule has 8 heteroatoms. The maximum atomic E-state index is 13.6. The van der Waals surface area contributed by atoms with Gasteiger partial charge in [-0.05, 0) is 55.7 Å². The lowest BCUT2D eigenvalue weighted by Gasteiger charge is -2.24. The maximum Gasteiger partial charge on any atom is 0.220 e. The van der Waals surface area contributed by atoms with E-state index in [0.29, 0.717) is 6.61 Å². The Balaban J connectivity index is 0.000000229. The van der Waals surface area contributed by atoms with Crippen molar-refractivity contribution in [1.82, 2.24) is 9.78 Å². The first-order valence-corrected chi connectivity index (χ1v) is 10.8. The van der Waals surface area contributed by atoms with Gasteiger partial charge in [-0.25, -0.2) is 8.78 Å². The molecule has 2 atom stereocenters. The van der Waals surface area contributed by atoms with E-state index in [9.17, 15) is 13.6 Å². The van der Waals surface area contributed by atoms with E-state index in [2.05, 4.69) is 5.10 Å². The van der Waals surface area contributed by atoms with Crippen LogP contribution in [-0.4, -0.2) is 28.4 Å². The highest BCUT2D eigenvalue weighted by atomic mass is 32.2. The van der Waals surface area contributed by atoms with Crippen LogP contribution in [0.5, 0.6) is 0 Å². The minimum absolute atomic E-state index is 0.0192. The van der Waals surface area contributed by atoms with Crippen LogP contribution in [-0.2, 0) is 16.6 Å². The number of benzene rings is 2. The summed E-state index contributed by atoms with van der Waals surface area (Å²) in [5, 5.41) is 4.12. The second kappa shape index (κ2) is 10.5. The van der Waals surface area contributed by atoms with Gasteiger partial charge in [-0.2, -0.15) is 5.10 Å². The van der Waals surface area contributed by atoms with Crippen LogP contribution in [0.3, 0.4) is 0 Å². The Hall–Kier alpha value is -2.71. The molecule has 1 fully saturated rings. The van der Waals surface area contributed by atoms with Crippen LogP contribution in [0.4, 0.5) is 8.78 Å². The standard InChI is InChI=1S/C16H12F2N2S.C7H13NO2/c1-20-15(9-10-19-20)11-5-7-12(8-6-11)21-16-13(17)3-2-4-14(16)18;1-5-4-6(7(8)9)2-3-10-5/h2-10H,1H3;5-6H,2-4H2,1H3,(H2,8,9)/t;5-,6?/m.0/s1. The number of carbonyl (C=O) groups excluding carboxylic acids is 1. The van der Waals surface area contributed by atoms with Gasteiger partial charge in [0.2, 0.25) is 5.91 Å². The van der Waals surface area contributed by atoms with E-state index < -0.39 is 11.6 Å². The summed E-state index contributed by atoms with van der Waals surface area (Å²) in [6.07, 6.45) is 3.51. The quantitative estimate of drug-likeness (QED) is 0.626. The summed E-state index contributed by atoms with van der Waals surface area (Å²) in [5.74, 6) is -1.23. The smallest absolute Gasteiger partial charge is 0.220 e. The number of ether oxygens (including phenoxy) is 1. The monoisotopic (exact) mass is 445 g/mol. The largest absolute Gasteiger partial charge is 0.378 e. The van der Waals surface area contributed by atoms with Crippen LogP contribution in [0, 0.1) is 17.6 Å². The van der Waals surface area contributed by atoms with Gasteiger partial charge < -0.3 is 10.5 Å². The molecule has 0 bridgehead atoms. The van der Waals surface area contributed by atoms with Gasteiger partial charge in [0.1, 0.15) is 11.6 Å². The van der Waals surface area contributed by atoms with E-state index >= 15 is 0 Å². The van der Waals surface area contributed by atoms with Gasteiger partial charge in [-0.1, -0.05) is 30.0 Å². The topological polar surface area (TPSA) is 70.1 Å². The number of aromatic nitrogens is 2. The first-order chi connectivity index (χ1) is 14.8. The summed E-state index contributed by atoms with van der Waals surface area (Å²) in [7, 11) is 1.87. The van der Waals surface area contributed by atoms with Crippen LogP contribution in [0.25, 0.3) is 11.3 Å². The highest BCUT2D eigenvalue weighted by Gasteiger charge is 2.23. The minimum atomic E-state index is -0.546. The van der Waals surface area contributed by atoms with Crippen molar-refractivity contribution in [2.24, 2.45) is 18.7 Å². The number of amides is 1. The zero-order valence-corrected chi connectivity index (χ0v) is 18.2. The molecule has 1 aromatic heterocycles. The van der Waals surface area contributed by atoms with Gasteiger partial charge in [-0.3, -0.25) is 9.48 Å². The molecule has 0 radical (unpaired) electrons. The third-order valence-corrected chi connectivity index (χ3v) is 6.10. The van der Waals surface area contributed by atoms with Gasteiger partial charge in [0.05, 0.1) is 16.7 Å². The van der Waals surface area contributed by atoms with Gasteiger partial charge in [0.25, 0.3) is 0 Å². The molecule has 4 rings (SSSR count). The minimum Gasteiger partial charge on any atom is -0.378 e. The average Bonchev–Trinajstić information content (AvgIpc) is 3.18. The highest BCUT2D eigenvalue weighted by molar-refractivity contribution is 7.99. The molecule has 1 amide bonds. The number of nitrogens with zero attached hydrogens (tertiary/aromatic N) is 2. The zero-order chi connectivity index (χ0) is 22.4. The van der Waals surface area contributed by atoms with Crippen molar-refractivity contribution in [3.8, 4) is 11.3 Å². The number of hydrogen-bond donors (Lipinski definition) is 1. The van der Waals surface area contributed by atoms with E-state index in [4.69, 9.17) is 10.5 Å². The third kappa shape index (κ3) is 6.15. The van der Waals surface area contributed by atoms with Crippen LogP contribution < -0.4 is 5.73 Å². The first kappa shape index (κ1) is 23.0. The van der Waals surface area contributed by atoms with Crippen molar-refractivity contribution in [2.75, 3.05) is 6.61 Å². The van der Waals surface area contributed by atoms with Crippen LogP contribution in [0.15, 0.2) is 64.5 Å². The Bertz CT molecular complexity index is 1000. The molecule has 1 unspecified atom stereocenters. The summed E-state index contributed by atoms with van der Waals surface area (Å²) in [5.41, 5.74) is 7.13. The molecule has 1 saturated heterocycles. The highest BCUT2D eigenvalue weighted by Crippen LogP contribution is 2.33. The summed E-state index contributed by atoms with van der Waals surface area (Å²) < 4.78 is 34.3. The number of primary amides is 1. The Morgan fingerprint density at radius 2 is 1.84 bits per heavy atom. The molecule has 2 heterocycles. The lowest BCUT2D eigenvalue weighted by atomic mass is 9.96. The summed E-state index contributed by atoms with van der Waals surface area (Å²) >= 11 is 1.08. The zero-order valence-electron chi connectivity index (χ0n) is 17.4. The average molecular weight is 446 g/mol. The molecular formula is C23H25F2N3O2S. The summed E-state index contributed by atoms with van der Waals surface area (Å²) in [6, 6.07) is 13.3. The molecule has 2 N–H and O–H groups in total. The molecule has 31 heavy (non-hydrogen) atoms. The lowest BCUT2D eigenvalue weighted by Crippen LogP contribution is -2.32. The molecule has 1 aliphatic rings. The maximum absolute atomic E-state index is 13.6. The summed E-state index contributed by atoms with van der Waals surface area (Å²) in [4.78, 5) is 11.5. The van der Waals surface area contributed by atoms with Crippen molar-refractivity contribution in [2.45, 2.75) is 35.7 Å². The molecule has 3 aromatic rings. The molecule has 164 valence electrons. The molecule has 0 aliphatic carbocycles. The molecular weight excluding hydrogens is 420 g/mol. The van der Waals surface area contributed by atoms with Crippen molar-refractivity contribution in [3.63, 3.8) is 0 Å². The molecule has 1 aliphatic heterocycles. The van der Waals surface area contributed by atoms with Crippen molar-refractivity contribution >= 4 is 17.7 Å². The Labute approximate surface area is 184 Å². The molecule has 2 aromatic carbocycles. The van der Waals surface area contributed by atoms with Crippen LogP contribution in [0.1, 0.15) is 19.8 Å². The predicted octanol–water partition coefficient (Wildman–Crippen LogP) is 4.80. The van der Waals surface area contributed by atoms with Crippen molar-refractivity contribution in [3.05, 3.63) is 66.4 Å². The Kier molecular flexibility index (Phi) is 7.81. The molecule has 5 nitrogen and oxygen atoms in total. The molecule has 0 spiro atoms. The van der Waals surface area contributed by atoms with E-state index in [0.717, 1.165) is 40.8 Å². The fourth-order valence-electron chi connectivity index (χ4n) is 3.31. The fraction of sp³-hybridized carbons (Fsp3) is 0.304. The van der Waals surface area contributed by atoms with E-state index in [1.807, 2.05) is 44.3 Å². The lowest BCUT2D eigenvalue weighted by molar-refractivity contribution is -0.126. The first-order valence-electron chi connectivity index (χ1n) is 9.96. The fourth-order valence-corrected chi connectivity index (χ4v) is 4.14. The van der Waals surface area contributed by atoms with E-state index in [-0.39, 0.29) is 22.8 Å².